The van der Waals surface area contributed by atoms with Gasteiger partial charge in [0, 0.05) is 22.7 Å². The van der Waals surface area contributed by atoms with Crippen LogP contribution in [0.5, 0.6) is 0 Å². The van der Waals surface area contributed by atoms with Crippen LogP contribution in [0.3, 0.4) is 0 Å². The summed E-state index contributed by atoms with van der Waals surface area (Å²) < 4.78 is 0. The molecule has 1 fully saturated rings. The van der Waals surface area contributed by atoms with Gasteiger partial charge in [-0.3, -0.25) is 4.79 Å². The van der Waals surface area contributed by atoms with Crippen molar-refractivity contribution in [1.82, 2.24) is 0 Å². The second-order valence-electron chi connectivity index (χ2n) is 5.64. The molecule has 1 aromatic carbocycles. The molecule has 2 aliphatic rings. The SMILES string of the molecule is CC(=O)c1cccc2c1NC1CCCCC21C. The summed E-state index contributed by atoms with van der Waals surface area (Å²) in [6.45, 7) is 4.00. The van der Waals surface area contributed by atoms with Gasteiger partial charge in [-0.25, -0.2) is 0 Å². The Hall–Kier alpha value is -1.31. The highest BCUT2D eigenvalue weighted by Crippen LogP contribution is 2.49. The number of nitrogens with one attached hydrogen (secondary N) is 1. The van der Waals surface area contributed by atoms with Crippen LogP contribution < -0.4 is 5.32 Å². The van der Waals surface area contributed by atoms with Crippen molar-refractivity contribution in [1.29, 1.82) is 0 Å². The Morgan fingerprint density at radius 1 is 1.41 bits per heavy atom. The monoisotopic (exact) mass is 229 g/mol. The van der Waals surface area contributed by atoms with Crippen LogP contribution in [-0.2, 0) is 5.41 Å². The maximum atomic E-state index is 11.7. The Morgan fingerprint density at radius 3 is 3.00 bits per heavy atom. The van der Waals surface area contributed by atoms with Gasteiger partial charge in [-0.2, -0.15) is 0 Å². The van der Waals surface area contributed by atoms with Crippen LogP contribution in [0, 0.1) is 0 Å². The van der Waals surface area contributed by atoms with Crippen molar-refractivity contribution in [2.24, 2.45) is 0 Å². The molecular weight excluding hydrogens is 210 g/mol. The van der Waals surface area contributed by atoms with Crippen LogP contribution in [0.4, 0.5) is 5.69 Å². The third kappa shape index (κ3) is 1.43. The number of hydrogen-bond donors (Lipinski definition) is 1. The smallest absolute Gasteiger partial charge is 0.161 e. The molecule has 1 aliphatic heterocycles. The van der Waals surface area contributed by atoms with E-state index in [1.807, 2.05) is 12.1 Å². The highest BCUT2D eigenvalue weighted by Gasteiger charge is 2.45. The van der Waals surface area contributed by atoms with Gasteiger partial charge in [0.1, 0.15) is 0 Å². The molecule has 0 amide bonds. The van der Waals surface area contributed by atoms with E-state index < -0.39 is 0 Å². The van der Waals surface area contributed by atoms with Crippen LogP contribution in [-0.4, -0.2) is 11.8 Å². The number of ketones is 1. The Balaban J connectivity index is 2.14. The lowest BCUT2D eigenvalue weighted by atomic mass is 9.69. The number of hydrogen-bond acceptors (Lipinski definition) is 2. The number of carbonyl (C=O) groups excluding carboxylic acids is 1. The number of anilines is 1. The van der Waals surface area contributed by atoms with Crippen LogP contribution in [0.25, 0.3) is 0 Å². The molecule has 2 unspecified atom stereocenters. The molecule has 1 N–H and O–H groups in total. The molecule has 1 saturated carbocycles. The number of fused-ring (bicyclic) bond motifs is 3. The topological polar surface area (TPSA) is 29.1 Å². The summed E-state index contributed by atoms with van der Waals surface area (Å²) in [6.07, 6.45) is 5.07. The minimum absolute atomic E-state index is 0.164. The van der Waals surface area contributed by atoms with Gasteiger partial charge in [0.25, 0.3) is 0 Å². The molecule has 1 aromatic rings. The second-order valence-corrected chi connectivity index (χ2v) is 5.64. The highest BCUT2D eigenvalue weighted by molar-refractivity contribution is 6.01. The first kappa shape index (κ1) is 10.8. The first-order valence-electron chi connectivity index (χ1n) is 6.54. The fraction of sp³-hybridized carbons (Fsp3) is 0.533. The van der Waals surface area contributed by atoms with Gasteiger partial charge in [0.2, 0.25) is 0 Å². The molecule has 3 rings (SSSR count). The highest BCUT2D eigenvalue weighted by atomic mass is 16.1. The van der Waals surface area contributed by atoms with Crippen LogP contribution in [0.15, 0.2) is 18.2 Å². The zero-order valence-corrected chi connectivity index (χ0v) is 10.5. The fourth-order valence-electron chi connectivity index (χ4n) is 3.54. The Kier molecular flexibility index (Phi) is 2.29. The molecule has 2 atom stereocenters. The Bertz CT molecular complexity index is 480. The first-order valence-corrected chi connectivity index (χ1v) is 6.54. The molecule has 1 heterocycles. The predicted octanol–water partition coefficient (Wildman–Crippen LogP) is 3.52. The second kappa shape index (κ2) is 3.59. The molecule has 1 aliphatic carbocycles. The van der Waals surface area contributed by atoms with E-state index in [1.54, 1.807) is 6.92 Å². The largest absolute Gasteiger partial charge is 0.381 e. The van der Waals surface area contributed by atoms with Crippen LogP contribution in [0.2, 0.25) is 0 Å². The van der Waals surface area contributed by atoms with E-state index in [1.165, 1.54) is 31.2 Å². The van der Waals surface area contributed by atoms with Gasteiger partial charge in [-0.15, -0.1) is 0 Å². The first-order chi connectivity index (χ1) is 8.13. The van der Waals surface area contributed by atoms with Crippen molar-refractivity contribution in [2.45, 2.75) is 51.0 Å². The number of benzene rings is 1. The van der Waals surface area contributed by atoms with Gasteiger partial charge in [-0.1, -0.05) is 31.9 Å². The van der Waals surface area contributed by atoms with Crippen molar-refractivity contribution in [2.75, 3.05) is 5.32 Å². The summed E-state index contributed by atoms with van der Waals surface area (Å²) in [5.74, 6) is 0.164. The standard InChI is InChI=1S/C15H19NO/c1-10(17)11-6-5-7-12-14(11)16-13-8-3-4-9-15(12,13)2/h5-7,13,16H,3-4,8-9H2,1-2H3. The van der Waals surface area contributed by atoms with Crippen molar-refractivity contribution < 1.29 is 4.79 Å². The van der Waals surface area contributed by atoms with E-state index in [2.05, 4.69) is 18.3 Å². The lowest BCUT2D eigenvalue weighted by molar-refractivity contribution is 0.101. The minimum Gasteiger partial charge on any atom is -0.381 e. The van der Waals surface area contributed by atoms with Gasteiger partial charge in [-0.05, 0) is 31.4 Å². The molecule has 0 radical (unpaired) electrons. The number of para-hydroxylation sites is 1. The summed E-state index contributed by atoms with van der Waals surface area (Å²) in [5, 5.41) is 3.61. The normalized spacial score (nSPS) is 30.4. The molecule has 2 heteroatoms. The zero-order chi connectivity index (χ0) is 12.0. The van der Waals surface area contributed by atoms with E-state index in [-0.39, 0.29) is 11.2 Å². The number of carbonyl (C=O) groups is 1. The molecule has 90 valence electrons. The summed E-state index contributed by atoms with van der Waals surface area (Å²) in [6, 6.07) is 6.68. The lowest BCUT2D eigenvalue weighted by Gasteiger charge is -2.36. The van der Waals surface area contributed by atoms with Crippen LogP contribution in [0.1, 0.15) is 55.5 Å². The maximum absolute atomic E-state index is 11.7. The van der Waals surface area contributed by atoms with E-state index in [4.69, 9.17) is 0 Å². The average Bonchev–Trinajstić information content (AvgIpc) is 2.61. The zero-order valence-electron chi connectivity index (χ0n) is 10.5. The minimum atomic E-state index is 0.164. The van der Waals surface area contributed by atoms with Crippen molar-refractivity contribution in [3.63, 3.8) is 0 Å². The molecule has 0 aromatic heterocycles. The van der Waals surface area contributed by atoms with Gasteiger partial charge in [0.15, 0.2) is 5.78 Å². The molecule has 0 spiro atoms. The summed E-state index contributed by atoms with van der Waals surface area (Å²) in [5.41, 5.74) is 3.56. The molecular formula is C15H19NO. The fourth-order valence-corrected chi connectivity index (χ4v) is 3.54. The maximum Gasteiger partial charge on any atom is 0.161 e. The molecule has 0 saturated heterocycles. The van der Waals surface area contributed by atoms with E-state index in [9.17, 15) is 4.79 Å². The van der Waals surface area contributed by atoms with Gasteiger partial charge in [0.05, 0.1) is 0 Å². The molecule has 17 heavy (non-hydrogen) atoms. The van der Waals surface area contributed by atoms with Gasteiger partial charge >= 0.3 is 0 Å². The number of Topliss-reactive ketones (excluding diaryl/α,β-unsaturated/α-hetero) is 1. The third-order valence-electron chi connectivity index (χ3n) is 4.59. The summed E-state index contributed by atoms with van der Waals surface area (Å²) >= 11 is 0. The van der Waals surface area contributed by atoms with E-state index in [0.717, 1.165) is 11.3 Å². The third-order valence-corrected chi connectivity index (χ3v) is 4.59. The average molecular weight is 229 g/mol. The molecule has 2 nitrogen and oxygen atoms in total. The lowest BCUT2D eigenvalue weighted by Crippen LogP contribution is -2.38. The van der Waals surface area contributed by atoms with Crippen molar-refractivity contribution >= 4 is 11.5 Å². The Labute approximate surface area is 102 Å². The summed E-state index contributed by atoms with van der Waals surface area (Å²) in [4.78, 5) is 11.7. The van der Waals surface area contributed by atoms with E-state index >= 15 is 0 Å². The summed E-state index contributed by atoms with van der Waals surface area (Å²) in [7, 11) is 0. The number of rotatable bonds is 1. The predicted molar refractivity (Wildman–Crippen MR) is 69.7 cm³/mol. The van der Waals surface area contributed by atoms with Crippen LogP contribution >= 0.6 is 0 Å². The van der Waals surface area contributed by atoms with Gasteiger partial charge < -0.3 is 5.32 Å². The van der Waals surface area contributed by atoms with Crippen molar-refractivity contribution in [3.8, 4) is 0 Å². The Morgan fingerprint density at radius 2 is 2.24 bits per heavy atom. The molecule has 0 bridgehead atoms. The van der Waals surface area contributed by atoms with Crippen molar-refractivity contribution in [3.05, 3.63) is 29.3 Å². The van der Waals surface area contributed by atoms with E-state index in [0.29, 0.717) is 6.04 Å². The quantitative estimate of drug-likeness (QED) is 0.746.